The van der Waals surface area contributed by atoms with Crippen LogP contribution in [0.15, 0.2) is 39.5 Å². The number of phenolic OH excluding ortho intramolecular Hbond substituents is 1. The molecule has 0 unspecified atom stereocenters. The summed E-state index contributed by atoms with van der Waals surface area (Å²) in [6.45, 7) is 2.30. The van der Waals surface area contributed by atoms with Crippen LogP contribution in [0.4, 0.5) is 0 Å². The van der Waals surface area contributed by atoms with Crippen molar-refractivity contribution in [2.45, 2.75) is 13.5 Å². The fourth-order valence-electron chi connectivity index (χ4n) is 3.26. The van der Waals surface area contributed by atoms with Gasteiger partial charge in [-0.15, -0.1) is 0 Å². The lowest BCUT2D eigenvalue weighted by atomic mass is 10.0. The van der Waals surface area contributed by atoms with Crippen LogP contribution >= 0.6 is 0 Å². The predicted octanol–water partition coefficient (Wildman–Crippen LogP) is 2.14. The Morgan fingerprint density at radius 2 is 1.78 bits per heavy atom. The summed E-state index contributed by atoms with van der Waals surface area (Å²) < 4.78 is 16.6. The number of aryl methyl sites for hydroxylation is 1. The third kappa shape index (κ3) is 3.36. The normalized spacial score (nSPS) is 11.2. The maximum absolute atomic E-state index is 13.2. The van der Waals surface area contributed by atoms with Gasteiger partial charge in [0.2, 0.25) is 5.43 Å². The maximum Gasteiger partial charge on any atom is 0.200 e. The minimum atomic E-state index is -0.143. The second-order valence-corrected chi connectivity index (χ2v) is 6.76. The van der Waals surface area contributed by atoms with Crippen LogP contribution in [-0.2, 0) is 6.54 Å². The van der Waals surface area contributed by atoms with Gasteiger partial charge in [0.15, 0.2) is 17.1 Å². The quantitative estimate of drug-likeness (QED) is 0.720. The van der Waals surface area contributed by atoms with Gasteiger partial charge in [0.25, 0.3) is 0 Å². The average molecular weight is 370 g/mol. The highest BCUT2D eigenvalue weighted by Crippen LogP contribution is 2.34. The molecule has 0 bridgehead atoms. The number of rotatable bonds is 5. The molecule has 27 heavy (non-hydrogen) atoms. The Morgan fingerprint density at radius 1 is 1.07 bits per heavy atom. The van der Waals surface area contributed by atoms with Crippen molar-refractivity contribution in [1.29, 1.82) is 0 Å². The zero-order valence-electron chi connectivity index (χ0n) is 16.2. The van der Waals surface area contributed by atoms with E-state index in [2.05, 4.69) is 0 Å². The highest BCUT2D eigenvalue weighted by molar-refractivity contribution is 5.86. The molecule has 1 heterocycles. The van der Waals surface area contributed by atoms with Crippen LogP contribution in [0.1, 0.15) is 11.3 Å². The smallest absolute Gasteiger partial charge is 0.200 e. The summed E-state index contributed by atoms with van der Waals surface area (Å²) in [5, 5.41) is 10.7. The van der Waals surface area contributed by atoms with E-state index in [1.807, 2.05) is 14.1 Å². The van der Waals surface area contributed by atoms with Crippen LogP contribution in [0.5, 0.6) is 17.2 Å². The lowest BCUT2D eigenvalue weighted by molar-refractivity contribution is -0.872. The number of methoxy groups -OCH3 is 2. The monoisotopic (exact) mass is 370 g/mol. The van der Waals surface area contributed by atoms with E-state index in [4.69, 9.17) is 13.9 Å². The van der Waals surface area contributed by atoms with Crippen LogP contribution < -0.4 is 19.8 Å². The lowest BCUT2D eigenvalue weighted by Gasteiger charge is -2.14. The van der Waals surface area contributed by atoms with Gasteiger partial charge in [-0.2, -0.15) is 0 Å². The molecule has 2 N–H and O–H groups in total. The number of nitrogens with one attached hydrogen (secondary N) is 1. The number of aromatic hydroxyl groups is 1. The molecule has 0 amide bonds. The van der Waals surface area contributed by atoms with Gasteiger partial charge in [0.1, 0.15) is 18.1 Å². The van der Waals surface area contributed by atoms with E-state index in [1.54, 1.807) is 51.5 Å². The zero-order valence-corrected chi connectivity index (χ0v) is 16.2. The molecule has 0 fully saturated rings. The van der Waals surface area contributed by atoms with Gasteiger partial charge in [0, 0.05) is 0 Å². The molecule has 0 aliphatic carbocycles. The van der Waals surface area contributed by atoms with E-state index in [-0.39, 0.29) is 11.2 Å². The SMILES string of the molecule is COc1ccc(-c2c(C)oc3c(C[NH+](C)C)c(O)ccc3c2=O)cc1OC. The van der Waals surface area contributed by atoms with E-state index < -0.39 is 0 Å². The molecular weight excluding hydrogens is 346 g/mol. The molecule has 2 aromatic carbocycles. The van der Waals surface area contributed by atoms with Gasteiger partial charge in [-0.25, -0.2) is 0 Å². The van der Waals surface area contributed by atoms with Gasteiger partial charge in [-0.3, -0.25) is 4.79 Å². The second-order valence-electron chi connectivity index (χ2n) is 6.76. The molecule has 3 rings (SSSR count). The first-order valence-electron chi connectivity index (χ1n) is 8.67. The molecule has 0 saturated carbocycles. The summed E-state index contributed by atoms with van der Waals surface area (Å²) in [4.78, 5) is 14.3. The van der Waals surface area contributed by atoms with Crippen molar-refractivity contribution in [3.63, 3.8) is 0 Å². The summed E-state index contributed by atoms with van der Waals surface area (Å²) in [6.07, 6.45) is 0. The Balaban J connectivity index is 2.28. The molecule has 0 aliphatic rings. The Morgan fingerprint density at radius 3 is 2.41 bits per heavy atom. The number of hydrogen-bond acceptors (Lipinski definition) is 5. The standard InChI is InChI=1S/C21H23NO5/c1-12-19(13-6-9-17(25-4)18(10-13)26-5)20(24)14-7-8-16(23)15(11-22(2)3)21(14)27-12/h6-10,23H,11H2,1-5H3/p+1. The Kier molecular flexibility index (Phi) is 5.10. The predicted molar refractivity (Wildman–Crippen MR) is 104 cm³/mol. The topological polar surface area (TPSA) is 73.3 Å². The number of quaternary nitrogens is 1. The van der Waals surface area contributed by atoms with Crippen molar-refractivity contribution in [2.75, 3.05) is 28.3 Å². The summed E-state index contributed by atoms with van der Waals surface area (Å²) >= 11 is 0. The Bertz CT molecular complexity index is 1050. The maximum atomic E-state index is 13.2. The second kappa shape index (κ2) is 7.32. The summed E-state index contributed by atoms with van der Waals surface area (Å²) in [5.41, 5.74) is 2.08. The average Bonchev–Trinajstić information content (AvgIpc) is 2.63. The first-order valence-corrected chi connectivity index (χ1v) is 8.67. The van der Waals surface area contributed by atoms with Gasteiger partial charge < -0.3 is 23.9 Å². The minimum absolute atomic E-state index is 0.130. The largest absolute Gasteiger partial charge is 0.507 e. The lowest BCUT2D eigenvalue weighted by Crippen LogP contribution is -3.04. The molecule has 0 radical (unpaired) electrons. The van der Waals surface area contributed by atoms with Crippen molar-refractivity contribution >= 4 is 11.0 Å². The first-order chi connectivity index (χ1) is 12.9. The minimum Gasteiger partial charge on any atom is -0.507 e. The van der Waals surface area contributed by atoms with Crippen LogP contribution in [0.25, 0.3) is 22.1 Å². The molecule has 0 atom stereocenters. The fourth-order valence-corrected chi connectivity index (χ4v) is 3.26. The highest BCUT2D eigenvalue weighted by atomic mass is 16.5. The molecule has 6 heteroatoms. The first kappa shape index (κ1) is 18.8. The van der Waals surface area contributed by atoms with E-state index in [1.165, 1.54) is 0 Å². The van der Waals surface area contributed by atoms with E-state index in [0.29, 0.717) is 51.5 Å². The van der Waals surface area contributed by atoms with Crippen molar-refractivity contribution in [1.82, 2.24) is 0 Å². The Hall–Kier alpha value is -2.99. The number of phenols is 1. The van der Waals surface area contributed by atoms with Crippen LogP contribution in [0.2, 0.25) is 0 Å². The molecule has 1 aromatic heterocycles. The molecular formula is C21H24NO5+. The molecule has 0 spiro atoms. The molecule has 6 nitrogen and oxygen atoms in total. The highest BCUT2D eigenvalue weighted by Gasteiger charge is 2.20. The van der Waals surface area contributed by atoms with Crippen LogP contribution in [0, 0.1) is 6.92 Å². The van der Waals surface area contributed by atoms with Gasteiger partial charge in [-0.05, 0) is 36.8 Å². The number of fused-ring (bicyclic) bond motifs is 1. The Labute approximate surface area is 157 Å². The molecule has 142 valence electrons. The molecule has 3 aromatic rings. The third-order valence-electron chi connectivity index (χ3n) is 4.52. The third-order valence-corrected chi connectivity index (χ3v) is 4.52. The van der Waals surface area contributed by atoms with Crippen molar-refractivity contribution in [2.24, 2.45) is 0 Å². The van der Waals surface area contributed by atoms with Gasteiger partial charge >= 0.3 is 0 Å². The number of hydrogen-bond donors (Lipinski definition) is 2. The fraction of sp³-hybridized carbons (Fsp3) is 0.286. The van der Waals surface area contributed by atoms with Gasteiger partial charge in [0.05, 0.1) is 44.8 Å². The summed E-state index contributed by atoms with van der Waals surface area (Å²) in [7, 11) is 7.06. The zero-order chi connectivity index (χ0) is 19.7. The van der Waals surface area contributed by atoms with E-state index in [9.17, 15) is 9.90 Å². The van der Waals surface area contributed by atoms with Crippen molar-refractivity contribution < 1.29 is 23.9 Å². The van der Waals surface area contributed by atoms with Crippen molar-refractivity contribution in [3.05, 3.63) is 51.9 Å². The summed E-state index contributed by atoms with van der Waals surface area (Å²) in [5.74, 6) is 1.74. The number of benzene rings is 2. The van der Waals surface area contributed by atoms with E-state index in [0.717, 1.165) is 4.90 Å². The van der Waals surface area contributed by atoms with Gasteiger partial charge in [-0.1, -0.05) is 6.07 Å². The van der Waals surface area contributed by atoms with Crippen LogP contribution in [-0.4, -0.2) is 33.4 Å². The summed E-state index contributed by atoms with van der Waals surface area (Å²) in [6, 6.07) is 8.47. The number of ether oxygens (including phenoxy) is 2. The van der Waals surface area contributed by atoms with Crippen LogP contribution in [0.3, 0.4) is 0 Å². The van der Waals surface area contributed by atoms with Crippen molar-refractivity contribution in [3.8, 4) is 28.4 Å². The molecule has 0 aliphatic heterocycles. The van der Waals surface area contributed by atoms with E-state index >= 15 is 0 Å². The molecule has 0 saturated heterocycles.